The maximum absolute atomic E-state index is 12.5. The fraction of sp³-hybridized carbons (Fsp3) is 0.389. The summed E-state index contributed by atoms with van der Waals surface area (Å²) in [4.78, 5) is 14.2. The SMILES string of the molecule is CN(CC1(CO)CC1)C(=O)NC(c1ccccc1)c1ccco1. The van der Waals surface area contributed by atoms with Gasteiger partial charge in [-0.2, -0.15) is 0 Å². The average molecular weight is 314 g/mol. The molecule has 5 heteroatoms. The minimum atomic E-state index is -0.328. The molecule has 2 amide bonds. The maximum Gasteiger partial charge on any atom is 0.318 e. The Kier molecular flexibility index (Phi) is 4.39. The number of rotatable bonds is 6. The van der Waals surface area contributed by atoms with E-state index in [9.17, 15) is 9.90 Å². The second kappa shape index (κ2) is 6.46. The summed E-state index contributed by atoms with van der Waals surface area (Å²) < 4.78 is 5.49. The Bertz CT molecular complexity index is 636. The number of urea groups is 1. The number of aliphatic hydroxyl groups is 1. The Morgan fingerprint density at radius 3 is 2.61 bits per heavy atom. The van der Waals surface area contributed by atoms with E-state index in [1.165, 1.54) is 0 Å². The van der Waals surface area contributed by atoms with Gasteiger partial charge in [0.15, 0.2) is 0 Å². The predicted octanol–water partition coefficient (Wildman–Crippen LogP) is 2.78. The van der Waals surface area contributed by atoms with E-state index in [4.69, 9.17) is 4.42 Å². The second-order valence-electron chi connectivity index (χ2n) is 6.32. The van der Waals surface area contributed by atoms with Crippen LogP contribution in [0.2, 0.25) is 0 Å². The van der Waals surface area contributed by atoms with Gasteiger partial charge in [0.2, 0.25) is 0 Å². The molecule has 1 unspecified atom stereocenters. The van der Waals surface area contributed by atoms with Crippen molar-refractivity contribution in [3.63, 3.8) is 0 Å². The van der Waals surface area contributed by atoms with Crippen LogP contribution < -0.4 is 5.32 Å². The predicted molar refractivity (Wildman–Crippen MR) is 86.9 cm³/mol. The number of aliphatic hydroxyl groups excluding tert-OH is 1. The number of hydrogen-bond donors (Lipinski definition) is 2. The zero-order chi connectivity index (χ0) is 16.3. The topological polar surface area (TPSA) is 65.7 Å². The quantitative estimate of drug-likeness (QED) is 0.861. The van der Waals surface area contributed by atoms with Crippen molar-refractivity contribution in [1.29, 1.82) is 0 Å². The number of carbonyl (C=O) groups excluding carboxylic acids is 1. The number of hydrogen-bond acceptors (Lipinski definition) is 3. The van der Waals surface area contributed by atoms with Gasteiger partial charge in [0.25, 0.3) is 0 Å². The molecule has 2 aromatic rings. The lowest BCUT2D eigenvalue weighted by Crippen LogP contribution is -2.42. The van der Waals surface area contributed by atoms with Crippen LogP contribution in [0.1, 0.15) is 30.2 Å². The van der Waals surface area contributed by atoms with Gasteiger partial charge in [-0.1, -0.05) is 30.3 Å². The molecule has 0 radical (unpaired) electrons. The molecule has 0 saturated heterocycles. The molecule has 122 valence electrons. The zero-order valence-electron chi connectivity index (χ0n) is 13.2. The number of nitrogens with one attached hydrogen (secondary N) is 1. The molecule has 1 aliphatic carbocycles. The molecule has 1 heterocycles. The van der Waals surface area contributed by atoms with Crippen LogP contribution in [0.5, 0.6) is 0 Å². The molecule has 1 saturated carbocycles. The highest BCUT2D eigenvalue weighted by Gasteiger charge is 2.43. The summed E-state index contributed by atoms with van der Waals surface area (Å²) in [5.74, 6) is 0.696. The highest BCUT2D eigenvalue weighted by atomic mass is 16.3. The van der Waals surface area contributed by atoms with Gasteiger partial charge in [0.05, 0.1) is 12.9 Å². The molecule has 1 aromatic heterocycles. The number of furan rings is 1. The summed E-state index contributed by atoms with van der Waals surface area (Å²) >= 11 is 0. The third kappa shape index (κ3) is 3.56. The van der Waals surface area contributed by atoms with Gasteiger partial charge in [-0.15, -0.1) is 0 Å². The van der Waals surface area contributed by atoms with Crippen molar-refractivity contribution in [2.24, 2.45) is 5.41 Å². The summed E-state index contributed by atoms with van der Waals surface area (Å²) in [5, 5.41) is 12.4. The molecule has 1 fully saturated rings. The highest BCUT2D eigenvalue weighted by Crippen LogP contribution is 2.45. The Morgan fingerprint density at radius 1 is 1.30 bits per heavy atom. The molecule has 0 spiro atoms. The van der Waals surface area contributed by atoms with Gasteiger partial charge in [-0.3, -0.25) is 0 Å². The van der Waals surface area contributed by atoms with Crippen molar-refractivity contribution in [2.45, 2.75) is 18.9 Å². The number of amides is 2. The molecular weight excluding hydrogens is 292 g/mol. The number of benzene rings is 1. The van der Waals surface area contributed by atoms with Crippen molar-refractivity contribution in [3.05, 3.63) is 60.1 Å². The van der Waals surface area contributed by atoms with Gasteiger partial charge >= 0.3 is 6.03 Å². The molecule has 1 atom stereocenters. The lowest BCUT2D eigenvalue weighted by molar-refractivity contribution is 0.160. The summed E-state index contributed by atoms with van der Waals surface area (Å²) in [6.07, 6.45) is 3.55. The van der Waals surface area contributed by atoms with Crippen LogP contribution in [0.4, 0.5) is 4.79 Å². The number of carbonyl (C=O) groups is 1. The highest BCUT2D eigenvalue weighted by molar-refractivity contribution is 5.75. The maximum atomic E-state index is 12.5. The van der Waals surface area contributed by atoms with Gasteiger partial charge < -0.3 is 19.7 Å². The molecule has 5 nitrogen and oxygen atoms in total. The summed E-state index contributed by atoms with van der Waals surface area (Å²) in [5.41, 5.74) is 0.867. The molecule has 2 N–H and O–H groups in total. The molecule has 3 rings (SSSR count). The van der Waals surface area contributed by atoms with Crippen LogP contribution in [-0.2, 0) is 0 Å². The molecule has 0 bridgehead atoms. The molecule has 23 heavy (non-hydrogen) atoms. The monoisotopic (exact) mass is 314 g/mol. The first-order chi connectivity index (χ1) is 11.1. The van der Waals surface area contributed by atoms with Crippen LogP contribution in [0.15, 0.2) is 53.1 Å². The van der Waals surface area contributed by atoms with Crippen LogP contribution in [0.3, 0.4) is 0 Å². The van der Waals surface area contributed by atoms with E-state index in [0.717, 1.165) is 18.4 Å². The third-order valence-electron chi connectivity index (χ3n) is 4.44. The largest absolute Gasteiger partial charge is 0.467 e. The van der Waals surface area contributed by atoms with Crippen LogP contribution in [0.25, 0.3) is 0 Å². The summed E-state index contributed by atoms with van der Waals surface area (Å²) in [6, 6.07) is 12.9. The van der Waals surface area contributed by atoms with Crippen molar-refractivity contribution in [1.82, 2.24) is 10.2 Å². The average Bonchev–Trinajstić information content (AvgIpc) is 3.14. The van der Waals surface area contributed by atoms with Crippen molar-refractivity contribution >= 4 is 6.03 Å². The minimum absolute atomic E-state index is 0.0982. The van der Waals surface area contributed by atoms with E-state index < -0.39 is 0 Å². The second-order valence-corrected chi connectivity index (χ2v) is 6.32. The van der Waals surface area contributed by atoms with E-state index in [2.05, 4.69) is 5.32 Å². The van der Waals surface area contributed by atoms with Crippen LogP contribution in [0, 0.1) is 5.41 Å². The molecule has 0 aliphatic heterocycles. The number of nitrogens with zero attached hydrogens (tertiary/aromatic N) is 1. The lowest BCUT2D eigenvalue weighted by atomic mass is 10.0. The van der Waals surface area contributed by atoms with Gasteiger partial charge in [-0.25, -0.2) is 4.79 Å². The Morgan fingerprint density at radius 2 is 2.04 bits per heavy atom. The van der Waals surface area contributed by atoms with Gasteiger partial charge in [0, 0.05) is 19.0 Å². The first kappa shape index (κ1) is 15.6. The smallest absolute Gasteiger partial charge is 0.318 e. The van der Waals surface area contributed by atoms with Crippen molar-refractivity contribution in [3.8, 4) is 0 Å². The normalized spacial score (nSPS) is 16.6. The first-order valence-corrected chi connectivity index (χ1v) is 7.84. The van der Waals surface area contributed by atoms with Gasteiger partial charge in [-0.05, 0) is 30.5 Å². The van der Waals surface area contributed by atoms with Crippen molar-refractivity contribution < 1.29 is 14.3 Å². The fourth-order valence-corrected chi connectivity index (χ4v) is 2.77. The Labute approximate surface area is 135 Å². The molecular formula is C18H22N2O3. The van der Waals surface area contributed by atoms with E-state index >= 15 is 0 Å². The lowest BCUT2D eigenvalue weighted by Gasteiger charge is -2.25. The van der Waals surface area contributed by atoms with Crippen LogP contribution in [-0.4, -0.2) is 36.2 Å². The van der Waals surface area contributed by atoms with Crippen molar-refractivity contribution in [2.75, 3.05) is 20.2 Å². The van der Waals surface area contributed by atoms with E-state index in [0.29, 0.717) is 12.3 Å². The van der Waals surface area contributed by atoms with E-state index in [1.807, 2.05) is 42.5 Å². The zero-order valence-corrected chi connectivity index (χ0v) is 13.2. The Hall–Kier alpha value is -2.27. The molecule has 1 aliphatic rings. The first-order valence-electron chi connectivity index (χ1n) is 7.84. The van der Waals surface area contributed by atoms with Gasteiger partial charge in [0.1, 0.15) is 11.8 Å². The van der Waals surface area contributed by atoms with Crippen LogP contribution >= 0.6 is 0 Å². The summed E-state index contributed by atoms with van der Waals surface area (Å²) in [6.45, 7) is 0.694. The minimum Gasteiger partial charge on any atom is -0.467 e. The standard InChI is InChI=1S/C18H22N2O3/c1-20(12-18(13-21)9-10-18)17(22)19-16(15-8-5-11-23-15)14-6-3-2-4-7-14/h2-8,11,16,21H,9-10,12-13H2,1H3,(H,19,22). The molecule has 1 aromatic carbocycles. The summed E-state index contributed by atoms with van der Waals surface area (Å²) in [7, 11) is 1.76. The van der Waals surface area contributed by atoms with E-state index in [1.54, 1.807) is 18.2 Å². The third-order valence-corrected chi connectivity index (χ3v) is 4.44. The Balaban J connectivity index is 1.72. The fourth-order valence-electron chi connectivity index (χ4n) is 2.77. The van der Waals surface area contributed by atoms with E-state index in [-0.39, 0.29) is 24.1 Å².